The van der Waals surface area contributed by atoms with Crippen molar-refractivity contribution in [1.29, 1.82) is 0 Å². The third-order valence-electron chi connectivity index (χ3n) is 19.3. The molecular formula is C86H126N4O32. The number of ketones is 1. The van der Waals surface area contributed by atoms with Crippen LogP contribution in [0.4, 0.5) is 14.4 Å². The van der Waals surface area contributed by atoms with Crippen LogP contribution < -0.4 is 21.3 Å². The second kappa shape index (κ2) is 48.7. The number of hydrogen-bond donors (Lipinski definition) is 4. The Morgan fingerprint density at radius 2 is 0.705 bits per heavy atom. The lowest BCUT2D eigenvalue weighted by molar-refractivity contribution is -0.178. The molecule has 682 valence electrons. The van der Waals surface area contributed by atoms with E-state index >= 15 is 0 Å². The summed E-state index contributed by atoms with van der Waals surface area (Å²) in [5.74, 6) is -9.77. The van der Waals surface area contributed by atoms with Gasteiger partial charge >= 0.3 is 78.0 Å². The van der Waals surface area contributed by atoms with Crippen molar-refractivity contribution in [2.75, 3.05) is 112 Å². The molecule has 2 aliphatic rings. The van der Waals surface area contributed by atoms with Crippen molar-refractivity contribution < 1.29 is 152 Å². The Bertz CT molecular complexity index is 3640. The van der Waals surface area contributed by atoms with Gasteiger partial charge in [-0.15, -0.1) is 0 Å². The van der Waals surface area contributed by atoms with E-state index in [4.69, 9.17) is 80.5 Å². The van der Waals surface area contributed by atoms with Crippen LogP contribution in [0, 0.1) is 32.5 Å². The Morgan fingerprint density at radius 1 is 0.393 bits per heavy atom. The van der Waals surface area contributed by atoms with Crippen LogP contribution in [0.15, 0.2) is 114 Å². The maximum absolute atomic E-state index is 14.5. The summed E-state index contributed by atoms with van der Waals surface area (Å²) in [5.41, 5.74) is -13.8. The Hall–Kier alpha value is -10.9. The zero-order chi connectivity index (χ0) is 92.8. The molecule has 0 radical (unpaired) electrons. The Labute approximate surface area is 713 Å². The number of esters is 10. The molecule has 2 aliphatic carbocycles. The molecule has 2 rings (SSSR count). The standard InChI is InChI=1S/C86H126N4O32/c1-24-63(93)110-47-83(48-111-64(94)25-2,49-112-65(95)26-3)42-106-44-85(53-116-69(99)30-7,54-117-70(100)31-8)56-119-74(104)89-81(22)37-61(36-76(12,13)40-81)88-73(103)121-58(10)33-34-108-75(105)122-78(16,17)39-62(92)79(18,19)90-82(23)38-60(35-77(14,15)41-82)87-72(102)80(20,21)120-57-86(46-109-59(11)91,55-118-71(101)32-9)45-107-43-84(50-113-66(96)27-4,51-114-67(97)28-5)52-115-68(98)29-6/h24-32,58,60-61,90H,1-9,33-57H2,10-23H3,(H,87,102)(H,88,103)(H,89,104). The van der Waals surface area contributed by atoms with Gasteiger partial charge in [-0.2, -0.15) is 0 Å². The number of hydrogen-bond acceptors (Lipinski definition) is 33. The van der Waals surface area contributed by atoms with Crippen molar-refractivity contribution in [3.05, 3.63) is 114 Å². The van der Waals surface area contributed by atoms with E-state index < -0.39 is 268 Å². The van der Waals surface area contributed by atoms with Crippen LogP contribution in [0.1, 0.15) is 148 Å². The highest BCUT2D eigenvalue weighted by molar-refractivity contribution is 5.89. The molecule has 2 fully saturated rings. The first-order valence-electron chi connectivity index (χ1n) is 39.1. The Kier molecular flexibility index (Phi) is 42.8. The number of carbonyl (C=O) groups excluding carboxylic acids is 15. The minimum absolute atomic E-state index is 0.0135. The van der Waals surface area contributed by atoms with Gasteiger partial charge in [0, 0.05) is 97.6 Å². The van der Waals surface area contributed by atoms with Crippen LogP contribution in [0.2, 0.25) is 0 Å². The number of nitrogens with one attached hydrogen (secondary N) is 4. The highest BCUT2D eigenvalue weighted by atomic mass is 16.7. The highest BCUT2D eigenvalue weighted by Crippen LogP contribution is 2.44. The molecule has 0 aromatic heterocycles. The number of Topliss-reactive ketones (excluding diaryl/α,β-unsaturated/α-hetero) is 1. The van der Waals surface area contributed by atoms with E-state index in [1.807, 2.05) is 34.6 Å². The van der Waals surface area contributed by atoms with E-state index in [0.29, 0.717) is 32.1 Å². The van der Waals surface area contributed by atoms with Gasteiger partial charge in [0.25, 0.3) is 5.91 Å². The first-order valence-corrected chi connectivity index (χ1v) is 39.1. The fourth-order valence-corrected chi connectivity index (χ4v) is 13.9. The van der Waals surface area contributed by atoms with Gasteiger partial charge in [0.2, 0.25) is 0 Å². The molecule has 6 atom stereocenters. The molecule has 0 saturated heterocycles. The summed E-state index contributed by atoms with van der Waals surface area (Å²) in [6.07, 6.45) is 6.08. The maximum Gasteiger partial charge on any atom is 0.508 e. The van der Waals surface area contributed by atoms with Gasteiger partial charge in [-0.3, -0.25) is 19.7 Å². The number of carbonyl (C=O) groups is 15. The van der Waals surface area contributed by atoms with Crippen LogP contribution >= 0.6 is 0 Å². The molecular weight excluding hydrogens is 1600 g/mol. The molecule has 4 N–H and O–H groups in total. The smallest absolute Gasteiger partial charge is 0.465 e. The van der Waals surface area contributed by atoms with Crippen LogP contribution in [-0.2, 0) is 138 Å². The van der Waals surface area contributed by atoms with Gasteiger partial charge in [0.05, 0.1) is 66.8 Å². The minimum Gasteiger partial charge on any atom is -0.465 e. The molecule has 0 aromatic carbocycles. The normalized spacial score (nSPS) is 18.2. The average Bonchev–Trinajstić information content (AvgIpc) is 0.745. The first-order chi connectivity index (χ1) is 56.7. The van der Waals surface area contributed by atoms with Crippen molar-refractivity contribution in [1.82, 2.24) is 21.3 Å². The summed E-state index contributed by atoms with van der Waals surface area (Å²) in [5, 5.41) is 12.4. The minimum atomic E-state index is -1.73. The molecule has 122 heavy (non-hydrogen) atoms. The maximum atomic E-state index is 14.5. The molecule has 36 heteroatoms. The van der Waals surface area contributed by atoms with Crippen molar-refractivity contribution in [3.63, 3.8) is 0 Å². The number of ether oxygens (including phenoxy) is 17. The van der Waals surface area contributed by atoms with Gasteiger partial charge in [-0.25, -0.2) is 57.5 Å². The van der Waals surface area contributed by atoms with Crippen molar-refractivity contribution in [2.45, 2.75) is 194 Å². The van der Waals surface area contributed by atoms with Gasteiger partial charge in [-0.05, 0) is 112 Å². The van der Waals surface area contributed by atoms with E-state index in [0.717, 1.165) is 61.6 Å². The van der Waals surface area contributed by atoms with E-state index in [9.17, 15) is 71.9 Å². The molecule has 6 unspecified atom stereocenters. The molecule has 0 aromatic rings. The van der Waals surface area contributed by atoms with Crippen LogP contribution in [-0.4, -0.2) is 248 Å². The summed E-state index contributed by atoms with van der Waals surface area (Å²) in [7, 11) is 0. The Morgan fingerprint density at radius 3 is 1.05 bits per heavy atom. The lowest BCUT2D eigenvalue weighted by Gasteiger charge is -2.50. The summed E-state index contributed by atoms with van der Waals surface area (Å²) < 4.78 is 95.0. The van der Waals surface area contributed by atoms with Crippen molar-refractivity contribution in [3.8, 4) is 0 Å². The molecule has 0 heterocycles. The summed E-state index contributed by atoms with van der Waals surface area (Å²) in [4.78, 5) is 194. The van der Waals surface area contributed by atoms with Gasteiger partial charge in [0.15, 0.2) is 5.78 Å². The third-order valence-corrected chi connectivity index (χ3v) is 19.3. The molecule has 0 bridgehead atoms. The fourth-order valence-electron chi connectivity index (χ4n) is 13.9. The van der Waals surface area contributed by atoms with E-state index in [1.165, 1.54) is 13.8 Å². The highest BCUT2D eigenvalue weighted by Gasteiger charge is 2.50. The molecule has 2 saturated carbocycles. The van der Waals surface area contributed by atoms with Crippen LogP contribution in [0.25, 0.3) is 0 Å². The number of alkyl carbamates (subject to hydrolysis) is 2. The van der Waals surface area contributed by atoms with E-state index in [1.54, 1.807) is 41.5 Å². The Balaban J connectivity index is 2.23. The molecule has 0 aliphatic heterocycles. The third kappa shape index (κ3) is 39.8. The molecule has 0 spiro atoms. The average molecular weight is 1730 g/mol. The zero-order valence-corrected chi connectivity index (χ0v) is 73.0. The predicted octanol–water partition coefficient (Wildman–Crippen LogP) is 8.17. The number of amides is 3. The summed E-state index contributed by atoms with van der Waals surface area (Å²) in [6.45, 7) is 45.0. The molecule has 36 nitrogen and oxygen atoms in total. The van der Waals surface area contributed by atoms with Crippen LogP contribution in [0.3, 0.4) is 0 Å². The monoisotopic (exact) mass is 1730 g/mol. The summed E-state index contributed by atoms with van der Waals surface area (Å²) in [6, 6.07) is -1.11. The lowest BCUT2D eigenvalue weighted by atomic mass is 9.66. The van der Waals surface area contributed by atoms with Gasteiger partial charge in [0.1, 0.15) is 90.0 Å². The van der Waals surface area contributed by atoms with E-state index in [2.05, 4.69) is 80.5 Å². The first kappa shape index (κ1) is 107. The molecule has 3 amide bonds. The quantitative estimate of drug-likeness (QED) is 0.0253. The fraction of sp³-hybridized carbons (Fsp3) is 0.616. The van der Waals surface area contributed by atoms with Crippen LogP contribution in [0.5, 0.6) is 0 Å². The lowest BCUT2D eigenvalue weighted by Crippen LogP contribution is -2.64. The SMILES string of the molecule is C=CC(=O)OCC(COCC(COC(=O)C=C)(COC(=O)C=C)COC(=O)NC1(C)CC(NC(=O)OC(C)CCOC(=O)OC(C)(C)CC(=O)C(C)(C)NC2(C)CC(NC(=O)C(C)(C)OCC(COCC(COC(=O)C=C)(COC(=O)C=C)COC(=O)C=C)(COC(C)=O)COC(=O)C=C)CC(C)(C)C2)CC(C)(C)C1)(COC(=O)C=C)COC(=O)C=C. The van der Waals surface area contributed by atoms with Gasteiger partial charge < -0.3 is 96.5 Å². The van der Waals surface area contributed by atoms with E-state index in [-0.39, 0.29) is 31.7 Å². The largest absolute Gasteiger partial charge is 0.508 e. The predicted molar refractivity (Wildman–Crippen MR) is 438 cm³/mol. The van der Waals surface area contributed by atoms with Crippen molar-refractivity contribution in [2.24, 2.45) is 32.5 Å². The van der Waals surface area contributed by atoms with Gasteiger partial charge in [-0.1, -0.05) is 86.9 Å². The number of rotatable bonds is 56. The second-order valence-electron chi connectivity index (χ2n) is 34.5. The second-order valence-corrected chi connectivity index (χ2v) is 34.5. The topological polar surface area (TPSA) is 461 Å². The van der Waals surface area contributed by atoms with Crippen molar-refractivity contribution >= 4 is 89.7 Å². The summed E-state index contributed by atoms with van der Waals surface area (Å²) >= 11 is 0. The zero-order valence-electron chi connectivity index (χ0n) is 73.0.